The van der Waals surface area contributed by atoms with Crippen LogP contribution < -0.4 is 15.5 Å². The van der Waals surface area contributed by atoms with Crippen LogP contribution in [0.25, 0.3) is 22.3 Å². The summed E-state index contributed by atoms with van der Waals surface area (Å²) in [6.45, 7) is 10.8. The summed E-state index contributed by atoms with van der Waals surface area (Å²) in [6.07, 6.45) is 5.90. The number of piperidine rings is 2. The van der Waals surface area contributed by atoms with Crippen LogP contribution in [-0.2, 0) is 16.1 Å². The van der Waals surface area contributed by atoms with E-state index in [1.807, 2.05) is 42.4 Å². The van der Waals surface area contributed by atoms with Crippen molar-refractivity contribution in [1.82, 2.24) is 44.5 Å². The Morgan fingerprint density at radius 1 is 0.857 bits per heavy atom. The number of hydrogen-bond donors (Lipinski definition) is 2. The zero-order valence-electron chi connectivity index (χ0n) is 35.1. The summed E-state index contributed by atoms with van der Waals surface area (Å²) >= 11 is 0. The van der Waals surface area contributed by atoms with E-state index in [0.717, 1.165) is 74.7 Å². The molecular formula is C45H46F3N11O4. The summed E-state index contributed by atoms with van der Waals surface area (Å²) < 4.78 is 47.8. The summed E-state index contributed by atoms with van der Waals surface area (Å²) in [5.41, 5.74) is 2.41. The van der Waals surface area contributed by atoms with Crippen molar-refractivity contribution in [3.8, 4) is 11.3 Å². The SMILES string of the molecule is Cc1nc2c(F)cc(-c3nc(Nc4ccc(CN5CCC(CN6C[C@H]7C[C@@H]6CN7c6cc7c(cc6F)C(=O)N(C6CCC(=O)NC6=O)C7=O)CC5)cn4)ncc3F)cc2n1C(C)C. The number of aromatic nitrogens is 5. The largest absolute Gasteiger partial charge is 0.363 e. The molecule has 326 valence electrons. The maximum atomic E-state index is 15.6. The van der Waals surface area contributed by atoms with E-state index in [2.05, 4.69) is 40.4 Å². The number of halogens is 3. The van der Waals surface area contributed by atoms with E-state index in [-0.39, 0.29) is 64.8 Å². The van der Waals surface area contributed by atoms with Crippen molar-refractivity contribution in [2.45, 2.75) is 83.6 Å². The Bertz CT molecular complexity index is 2700. The van der Waals surface area contributed by atoms with Crippen molar-refractivity contribution in [1.29, 1.82) is 0 Å². The van der Waals surface area contributed by atoms with Crippen molar-refractivity contribution in [2.24, 2.45) is 5.92 Å². The highest BCUT2D eigenvalue weighted by molar-refractivity contribution is 6.23. The van der Waals surface area contributed by atoms with E-state index in [4.69, 9.17) is 0 Å². The van der Waals surface area contributed by atoms with Crippen LogP contribution in [0.4, 0.5) is 30.6 Å². The van der Waals surface area contributed by atoms with E-state index < -0.39 is 47.1 Å². The minimum atomic E-state index is -1.10. The molecule has 0 aliphatic carbocycles. The number of carbonyl (C=O) groups excluding carboxylic acids is 4. The van der Waals surface area contributed by atoms with Crippen LogP contribution >= 0.6 is 0 Å². The Morgan fingerprint density at radius 2 is 1.63 bits per heavy atom. The lowest BCUT2D eigenvalue weighted by Gasteiger charge is -2.39. The average molecular weight is 862 g/mol. The lowest BCUT2D eigenvalue weighted by Crippen LogP contribution is -2.54. The smallest absolute Gasteiger partial charge is 0.262 e. The highest BCUT2D eigenvalue weighted by Gasteiger charge is 2.48. The molecule has 4 amide bonds. The van der Waals surface area contributed by atoms with Crippen molar-refractivity contribution < 1.29 is 32.3 Å². The van der Waals surface area contributed by atoms with Crippen molar-refractivity contribution in [2.75, 3.05) is 42.9 Å². The molecule has 0 saturated carbocycles. The van der Waals surface area contributed by atoms with Gasteiger partial charge in [0, 0.05) is 62.5 Å². The third-order valence-electron chi connectivity index (χ3n) is 13.3. The van der Waals surface area contributed by atoms with E-state index >= 15 is 13.2 Å². The van der Waals surface area contributed by atoms with Crippen LogP contribution in [0.5, 0.6) is 0 Å². The molecule has 0 radical (unpaired) electrons. The van der Waals surface area contributed by atoms with Gasteiger partial charge in [-0.3, -0.25) is 39.2 Å². The molecule has 63 heavy (non-hydrogen) atoms. The summed E-state index contributed by atoms with van der Waals surface area (Å²) in [7, 11) is 0. The minimum Gasteiger partial charge on any atom is -0.363 e. The number of carbonyl (C=O) groups is 4. The number of benzene rings is 2. The quantitative estimate of drug-likeness (QED) is 0.170. The average Bonchev–Trinajstić information content (AvgIpc) is 4.00. The van der Waals surface area contributed by atoms with E-state index in [1.54, 1.807) is 12.3 Å². The van der Waals surface area contributed by atoms with Gasteiger partial charge in [0.05, 0.1) is 28.5 Å². The number of imidazole rings is 1. The zero-order valence-corrected chi connectivity index (χ0v) is 35.1. The maximum Gasteiger partial charge on any atom is 0.262 e. The fourth-order valence-electron chi connectivity index (χ4n) is 10.3. The van der Waals surface area contributed by atoms with E-state index in [0.29, 0.717) is 35.3 Å². The first-order valence-corrected chi connectivity index (χ1v) is 21.5. The Labute approximate surface area is 360 Å². The molecule has 5 aliphatic rings. The molecule has 5 aliphatic heterocycles. The van der Waals surface area contributed by atoms with Gasteiger partial charge in [0.25, 0.3) is 11.8 Å². The molecular weight excluding hydrogens is 816 g/mol. The minimum absolute atomic E-state index is 0.0143. The standard InChI is InChI=1S/C45H46F3N11O4/c1-23(2)58-24(3)51-41-33(47)12-27(13-37(41)58)40-34(48)18-50-45(54-40)52-38-6-4-26(17-49-38)19-55-10-8-25(9-11-55)20-56-21-29-14-28(56)22-57(29)36-16-31-30(15-32(36)46)43(62)59(44(31)63)35-5-7-39(60)53-42(35)61/h4,6,12-13,15-18,23,25,28-29,35H,5,7-11,14,19-22H2,1-3H3,(H,53,60,61)(H,49,50,52,54)/t28-,29-,35?/m1/s1. The summed E-state index contributed by atoms with van der Waals surface area (Å²) in [4.78, 5) is 76.0. The predicted octanol–water partition coefficient (Wildman–Crippen LogP) is 5.51. The van der Waals surface area contributed by atoms with Gasteiger partial charge in [-0.1, -0.05) is 6.07 Å². The van der Waals surface area contributed by atoms with Gasteiger partial charge in [-0.25, -0.2) is 33.1 Å². The van der Waals surface area contributed by atoms with Gasteiger partial charge in [0.2, 0.25) is 17.8 Å². The van der Waals surface area contributed by atoms with Crippen LogP contribution in [0.1, 0.15) is 84.1 Å². The molecule has 1 unspecified atom stereocenters. The first-order valence-electron chi connectivity index (χ1n) is 21.5. The number of likely N-dealkylation sites (tertiary alicyclic amines) is 2. The topological polar surface area (TPSA) is 162 Å². The lowest BCUT2D eigenvalue weighted by molar-refractivity contribution is -0.136. The molecule has 3 atom stereocenters. The molecule has 8 heterocycles. The Balaban J connectivity index is 0.716. The van der Waals surface area contributed by atoms with E-state index in [1.165, 1.54) is 12.1 Å². The zero-order chi connectivity index (χ0) is 43.8. The highest BCUT2D eigenvalue weighted by Crippen LogP contribution is 2.40. The molecule has 2 N–H and O–H groups in total. The van der Waals surface area contributed by atoms with Gasteiger partial charge in [0.1, 0.15) is 34.7 Å². The van der Waals surface area contributed by atoms with Crippen molar-refractivity contribution in [3.05, 3.63) is 88.8 Å². The van der Waals surface area contributed by atoms with Gasteiger partial charge >= 0.3 is 0 Å². The van der Waals surface area contributed by atoms with Crippen LogP contribution in [0.2, 0.25) is 0 Å². The molecule has 4 fully saturated rings. The van der Waals surface area contributed by atoms with E-state index in [9.17, 15) is 19.2 Å². The number of fused-ring (bicyclic) bond motifs is 4. The predicted molar refractivity (Wildman–Crippen MR) is 226 cm³/mol. The van der Waals surface area contributed by atoms with Gasteiger partial charge in [-0.2, -0.15) is 0 Å². The first-order chi connectivity index (χ1) is 30.3. The first kappa shape index (κ1) is 40.8. The molecule has 5 aromatic rings. The number of pyridine rings is 1. The van der Waals surface area contributed by atoms with Crippen LogP contribution in [0.3, 0.4) is 0 Å². The number of amides is 4. The molecule has 15 nitrogen and oxygen atoms in total. The van der Waals surface area contributed by atoms with Crippen LogP contribution in [0, 0.1) is 30.3 Å². The molecule has 2 bridgehead atoms. The third kappa shape index (κ3) is 7.37. The fourth-order valence-corrected chi connectivity index (χ4v) is 10.3. The van der Waals surface area contributed by atoms with Crippen molar-refractivity contribution in [3.63, 3.8) is 0 Å². The number of imide groups is 2. The highest BCUT2D eigenvalue weighted by atomic mass is 19.1. The molecule has 2 aromatic carbocycles. The Hall–Kier alpha value is -6.27. The second-order valence-electron chi connectivity index (χ2n) is 17.7. The number of piperazine rings is 1. The second kappa shape index (κ2) is 15.8. The van der Waals surface area contributed by atoms with Gasteiger partial charge in [0.15, 0.2) is 11.6 Å². The van der Waals surface area contributed by atoms with Crippen LogP contribution in [0.15, 0.2) is 48.8 Å². The van der Waals surface area contributed by atoms with Crippen molar-refractivity contribution >= 4 is 52.1 Å². The monoisotopic (exact) mass is 861 g/mol. The maximum absolute atomic E-state index is 15.6. The summed E-state index contributed by atoms with van der Waals surface area (Å²) in [5.74, 6) is -2.50. The second-order valence-corrected chi connectivity index (χ2v) is 17.7. The molecule has 4 saturated heterocycles. The number of hydrogen-bond acceptors (Lipinski definition) is 12. The molecule has 10 rings (SSSR count). The van der Waals surface area contributed by atoms with Gasteiger partial charge < -0.3 is 14.8 Å². The Kier molecular flexibility index (Phi) is 10.2. The number of nitrogens with zero attached hydrogens (tertiary/aromatic N) is 9. The normalized spacial score (nSPS) is 22.0. The molecule has 18 heteroatoms. The fraction of sp³-hybridized carbons (Fsp3) is 0.422. The Morgan fingerprint density at radius 3 is 2.33 bits per heavy atom. The summed E-state index contributed by atoms with van der Waals surface area (Å²) in [5, 5.41) is 5.24. The number of nitrogens with one attached hydrogen (secondary N) is 2. The molecule has 3 aromatic heterocycles. The number of rotatable bonds is 10. The summed E-state index contributed by atoms with van der Waals surface area (Å²) in [6, 6.07) is 8.60. The number of anilines is 3. The molecule has 0 spiro atoms. The van der Waals surface area contributed by atoms with Gasteiger partial charge in [-0.15, -0.1) is 0 Å². The number of aryl methyl sites for hydroxylation is 1. The van der Waals surface area contributed by atoms with Crippen LogP contribution in [-0.4, -0.2) is 114 Å². The lowest BCUT2D eigenvalue weighted by atomic mass is 9.95. The van der Waals surface area contributed by atoms with Gasteiger partial charge in [-0.05, 0) is 101 Å². The third-order valence-corrected chi connectivity index (χ3v) is 13.3.